The first-order chi connectivity index (χ1) is 13.8. The summed E-state index contributed by atoms with van der Waals surface area (Å²) in [7, 11) is -2.02. The first kappa shape index (κ1) is 22.1. The Morgan fingerprint density at radius 1 is 1.03 bits per heavy atom. The maximum absolute atomic E-state index is 12.9. The Bertz CT molecular complexity index is 779. The van der Waals surface area contributed by atoms with Gasteiger partial charge >= 0.3 is 0 Å². The van der Waals surface area contributed by atoms with E-state index in [-0.39, 0.29) is 22.8 Å². The second kappa shape index (κ2) is 9.45. The van der Waals surface area contributed by atoms with Crippen LogP contribution in [0, 0.1) is 5.92 Å². The molecule has 0 aromatic heterocycles. The minimum absolute atomic E-state index is 0.0161. The van der Waals surface area contributed by atoms with Crippen LogP contribution in [0.25, 0.3) is 0 Å². The van der Waals surface area contributed by atoms with Gasteiger partial charge in [0, 0.05) is 44.2 Å². The summed E-state index contributed by atoms with van der Waals surface area (Å²) in [4.78, 5) is 17.5. The number of nitrogens with one attached hydrogen (secondary N) is 1. The smallest absolute Gasteiger partial charge is 0.240 e. The number of hydrogen-bond acceptors (Lipinski definition) is 5. The van der Waals surface area contributed by atoms with Gasteiger partial charge in [-0.3, -0.25) is 9.69 Å². The lowest BCUT2D eigenvalue weighted by Gasteiger charge is -2.39. The van der Waals surface area contributed by atoms with Gasteiger partial charge in [0.15, 0.2) is 0 Å². The summed E-state index contributed by atoms with van der Waals surface area (Å²) in [5, 5.41) is 0. The monoisotopic (exact) mass is 423 g/mol. The molecular weight excluding hydrogens is 390 g/mol. The Morgan fingerprint density at radius 3 is 2.14 bits per heavy atom. The molecule has 1 heterocycles. The standard InChI is InChI=1S/C21H33N3O4S/c1-16(2)23-12-14-24(15-13-23)21(25)17-4-6-18(7-5-17)22-29(26,27)20-10-8-19(28-3)9-11-20/h8-11,16-18,22H,4-7,12-15H2,1-3H3. The van der Waals surface area contributed by atoms with Crippen molar-refractivity contribution >= 4 is 15.9 Å². The van der Waals surface area contributed by atoms with Crippen LogP contribution in [0.1, 0.15) is 39.5 Å². The predicted octanol–water partition coefficient (Wildman–Crippen LogP) is 2.08. The Labute approximate surface area is 174 Å². The maximum atomic E-state index is 12.9. The van der Waals surface area contributed by atoms with Crippen molar-refractivity contribution in [1.82, 2.24) is 14.5 Å². The van der Waals surface area contributed by atoms with Crippen LogP contribution in [0.3, 0.4) is 0 Å². The van der Waals surface area contributed by atoms with Crippen molar-refractivity contribution in [2.24, 2.45) is 5.92 Å². The van der Waals surface area contributed by atoms with E-state index in [0.717, 1.165) is 39.0 Å². The van der Waals surface area contributed by atoms with Gasteiger partial charge in [-0.05, 0) is 63.8 Å². The van der Waals surface area contributed by atoms with E-state index in [1.165, 1.54) is 0 Å². The molecule has 0 spiro atoms. The third kappa shape index (κ3) is 5.49. The van der Waals surface area contributed by atoms with Crippen LogP contribution in [0.2, 0.25) is 0 Å². The number of ether oxygens (including phenoxy) is 1. The number of nitrogens with zero attached hydrogens (tertiary/aromatic N) is 2. The van der Waals surface area contributed by atoms with Crippen LogP contribution in [-0.2, 0) is 14.8 Å². The molecule has 0 unspecified atom stereocenters. The van der Waals surface area contributed by atoms with Crippen molar-refractivity contribution in [2.75, 3.05) is 33.3 Å². The van der Waals surface area contributed by atoms with Gasteiger partial charge < -0.3 is 9.64 Å². The molecule has 2 aliphatic rings. The number of rotatable bonds is 6. The van der Waals surface area contributed by atoms with E-state index in [4.69, 9.17) is 4.74 Å². The first-order valence-corrected chi connectivity index (χ1v) is 12.0. The molecule has 1 saturated carbocycles. The van der Waals surface area contributed by atoms with E-state index < -0.39 is 10.0 Å². The van der Waals surface area contributed by atoms with Gasteiger partial charge in [0.25, 0.3) is 0 Å². The molecule has 3 rings (SSSR count). The number of hydrogen-bond donors (Lipinski definition) is 1. The summed E-state index contributed by atoms with van der Waals surface area (Å²) >= 11 is 0. The largest absolute Gasteiger partial charge is 0.497 e. The van der Waals surface area contributed by atoms with Crippen molar-refractivity contribution in [1.29, 1.82) is 0 Å². The normalized spacial score (nSPS) is 23.9. The number of amides is 1. The highest BCUT2D eigenvalue weighted by Gasteiger charge is 2.32. The Kier molecular flexibility index (Phi) is 7.19. The van der Waals surface area contributed by atoms with Crippen LogP contribution < -0.4 is 9.46 Å². The average Bonchev–Trinajstić information content (AvgIpc) is 2.73. The summed E-state index contributed by atoms with van der Waals surface area (Å²) in [6.45, 7) is 7.82. The van der Waals surface area contributed by atoms with E-state index in [9.17, 15) is 13.2 Å². The van der Waals surface area contributed by atoms with E-state index >= 15 is 0 Å². The van der Waals surface area contributed by atoms with Crippen molar-refractivity contribution in [3.8, 4) is 5.75 Å². The fourth-order valence-electron chi connectivity index (χ4n) is 4.22. The van der Waals surface area contributed by atoms with Crippen molar-refractivity contribution in [2.45, 2.75) is 56.5 Å². The second-order valence-electron chi connectivity index (χ2n) is 8.30. The minimum atomic E-state index is -3.56. The second-order valence-corrected chi connectivity index (χ2v) is 10.0. The molecule has 0 atom stereocenters. The van der Waals surface area contributed by atoms with Gasteiger partial charge in [0.2, 0.25) is 15.9 Å². The Balaban J connectivity index is 1.49. The third-order valence-corrected chi connectivity index (χ3v) is 7.66. The lowest BCUT2D eigenvalue weighted by atomic mass is 9.85. The van der Waals surface area contributed by atoms with E-state index in [1.807, 2.05) is 4.90 Å². The Hall–Kier alpha value is -1.64. The van der Waals surface area contributed by atoms with Crippen molar-refractivity contribution in [3.63, 3.8) is 0 Å². The Morgan fingerprint density at radius 2 is 1.62 bits per heavy atom. The van der Waals surface area contributed by atoms with Crippen molar-refractivity contribution in [3.05, 3.63) is 24.3 Å². The highest BCUT2D eigenvalue weighted by Crippen LogP contribution is 2.28. The average molecular weight is 424 g/mol. The number of methoxy groups -OCH3 is 1. The van der Waals surface area contributed by atoms with Crippen LogP contribution in [0.4, 0.5) is 0 Å². The van der Waals surface area contributed by atoms with Gasteiger partial charge in [0.05, 0.1) is 12.0 Å². The molecule has 2 fully saturated rings. The molecule has 1 aromatic carbocycles. The molecule has 162 valence electrons. The minimum Gasteiger partial charge on any atom is -0.497 e. The number of benzene rings is 1. The molecule has 1 amide bonds. The lowest BCUT2D eigenvalue weighted by molar-refractivity contribution is -0.138. The molecule has 1 aliphatic carbocycles. The fourth-order valence-corrected chi connectivity index (χ4v) is 5.52. The van der Waals surface area contributed by atoms with Gasteiger partial charge in [-0.1, -0.05) is 0 Å². The zero-order valence-electron chi connectivity index (χ0n) is 17.6. The zero-order valence-corrected chi connectivity index (χ0v) is 18.5. The number of piperazine rings is 1. The van der Waals surface area contributed by atoms with Crippen molar-refractivity contribution < 1.29 is 17.9 Å². The summed E-state index contributed by atoms with van der Waals surface area (Å²) in [5.41, 5.74) is 0. The van der Waals surface area contributed by atoms with Gasteiger partial charge in [-0.2, -0.15) is 0 Å². The van der Waals surface area contributed by atoms with Crippen LogP contribution in [0.15, 0.2) is 29.2 Å². The summed E-state index contributed by atoms with van der Waals surface area (Å²) in [6.07, 6.45) is 2.85. The maximum Gasteiger partial charge on any atom is 0.240 e. The molecule has 0 bridgehead atoms. The van der Waals surface area contributed by atoms with Gasteiger partial charge in [-0.25, -0.2) is 13.1 Å². The van der Waals surface area contributed by atoms with Crippen LogP contribution in [-0.4, -0.2) is 69.5 Å². The molecule has 7 nitrogen and oxygen atoms in total. The van der Waals surface area contributed by atoms with Crippen LogP contribution >= 0.6 is 0 Å². The molecule has 8 heteroatoms. The summed E-state index contributed by atoms with van der Waals surface area (Å²) in [6, 6.07) is 6.78. The van der Waals surface area contributed by atoms with E-state index in [0.29, 0.717) is 24.6 Å². The molecule has 1 saturated heterocycles. The quantitative estimate of drug-likeness (QED) is 0.758. The third-order valence-electron chi connectivity index (χ3n) is 6.12. The molecule has 0 radical (unpaired) electrons. The topological polar surface area (TPSA) is 78.9 Å². The van der Waals surface area contributed by atoms with Gasteiger partial charge in [-0.15, -0.1) is 0 Å². The first-order valence-electron chi connectivity index (χ1n) is 10.5. The molecular formula is C21H33N3O4S. The highest BCUT2D eigenvalue weighted by atomic mass is 32.2. The molecule has 1 N–H and O–H groups in total. The van der Waals surface area contributed by atoms with Gasteiger partial charge in [0.1, 0.15) is 5.75 Å². The van der Waals surface area contributed by atoms with Crippen LogP contribution in [0.5, 0.6) is 5.75 Å². The SMILES string of the molecule is COc1ccc(S(=O)(=O)NC2CCC(C(=O)N3CCN(C(C)C)CC3)CC2)cc1. The number of carbonyl (C=O) groups excluding carboxylic acids is 1. The number of sulfonamides is 1. The summed E-state index contributed by atoms with van der Waals surface area (Å²) in [5.74, 6) is 0.879. The summed E-state index contributed by atoms with van der Waals surface area (Å²) < 4.78 is 33.1. The zero-order chi connectivity index (χ0) is 21.0. The highest BCUT2D eigenvalue weighted by molar-refractivity contribution is 7.89. The lowest BCUT2D eigenvalue weighted by Crippen LogP contribution is -2.52. The molecule has 1 aliphatic heterocycles. The molecule has 29 heavy (non-hydrogen) atoms. The molecule has 1 aromatic rings. The fraction of sp³-hybridized carbons (Fsp3) is 0.667. The van der Waals surface area contributed by atoms with E-state index in [2.05, 4.69) is 23.5 Å². The number of carbonyl (C=O) groups is 1. The van der Waals surface area contributed by atoms with E-state index in [1.54, 1.807) is 31.4 Å². The predicted molar refractivity (Wildman–Crippen MR) is 112 cm³/mol.